The van der Waals surface area contributed by atoms with Gasteiger partial charge in [0.2, 0.25) is 0 Å². The molecule has 2 aromatic heterocycles. The first-order chi connectivity index (χ1) is 9.90. The molecule has 3 N–H and O–H groups in total. The van der Waals surface area contributed by atoms with E-state index in [1.54, 1.807) is 6.33 Å². The van der Waals surface area contributed by atoms with Gasteiger partial charge in [-0.15, -0.1) is 12.4 Å². The maximum atomic E-state index is 4.49. The van der Waals surface area contributed by atoms with Crippen LogP contribution in [0.4, 0.5) is 5.82 Å². The van der Waals surface area contributed by atoms with Gasteiger partial charge in [-0.3, -0.25) is 0 Å². The van der Waals surface area contributed by atoms with Crippen LogP contribution in [0, 0.1) is 5.92 Å². The molecule has 0 radical (unpaired) electrons. The fourth-order valence-electron chi connectivity index (χ4n) is 3.10. The largest absolute Gasteiger partial charge is 0.365 e. The van der Waals surface area contributed by atoms with Gasteiger partial charge in [-0.2, -0.15) is 0 Å². The molecule has 1 saturated heterocycles. The number of hydrogen-bond acceptors (Lipinski definition) is 4. The van der Waals surface area contributed by atoms with Gasteiger partial charge < -0.3 is 15.6 Å². The van der Waals surface area contributed by atoms with Crippen molar-refractivity contribution in [1.82, 2.24) is 20.3 Å². The molecule has 1 aliphatic heterocycles. The van der Waals surface area contributed by atoms with Crippen molar-refractivity contribution >= 4 is 29.3 Å². The van der Waals surface area contributed by atoms with Crippen LogP contribution in [0.25, 0.3) is 11.0 Å². The number of aromatic amines is 1. The summed E-state index contributed by atoms with van der Waals surface area (Å²) < 4.78 is 0. The Kier molecular flexibility index (Phi) is 4.31. The second-order valence-corrected chi connectivity index (χ2v) is 6.09. The molecule has 0 amide bonds. The molecule has 6 heteroatoms. The molecule has 1 aliphatic carbocycles. The second-order valence-electron chi connectivity index (χ2n) is 6.09. The Morgan fingerprint density at radius 3 is 2.90 bits per heavy atom. The van der Waals surface area contributed by atoms with Gasteiger partial charge in [0.1, 0.15) is 17.8 Å². The summed E-state index contributed by atoms with van der Waals surface area (Å²) in [6.07, 6.45) is 10.1. The van der Waals surface area contributed by atoms with Crippen LogP contribution in [-0.2, 0) is 6.42 Å². The first-order valence-electron chi connectivity index (χ1n) is 7.68. The number of aromatic nitrogens is 3. The second kappa shape index (κ2) is 6.20. The van der Waals surface area contributed by atoms with E-state index < -0.39 is 0 Å². The summed E-state index contributed by atoms with van der Waals surface area (Å²) >= 11 is 0. The van der Waals surface area contributed by atoms with Crippen molar-refractivity contribution in [3.8, 4) is 0 Å². The minimum atomic E-state index is 0. The molecule has 5 nitrogen and oxygen atoms in total. The molecule has 3 heterocycles. The summed E-state index contributed by atoms with van der Waals surface area (Å²) in [5, 5.41) is 8.25. The molecule has 2 fully saturated rings. The van der Waals surface area contributed by atoms with Crippen LogP contribution in [0.2, 0.25) is 0 Å². The number of nitrogens with zero attached hydrogens (tertiary/aromatic N) is 2. The summed E-state index contributed by atoms with van der Waals surface area (Å²) in [6, 6.07) is 0.477. The molecule has 1 saturated carbocycles. The molecule has 0 bridgehead atoms. The van der Waals surface area contributed by atoms with Crippen molar-refractivity contribution in [3.63, 3.8) is 0 Å². The molecule has 2 aromatic rings. The molecule has 2 aliphatic rings. The highest BCUT2D eigenvalue weighted by Gasteiger charge is 2.24. The monoisotopic (exact) mass is 307 g/mol. The summed E-state index contributed by atoms with van der Waals surface area (Å²) in [4.78, 5) is 12.1. The number of piperidine rings is 1. The van der Waals surface area contributed by atoms with E-state index in [1.807, 2.05) is 0 Å². The van der Waals surface area contributed by atoms with Crippen molar-refractivity contribution in [3.05, 3.63) is 18.1 Å². The Balaban J connectivity index is 0.00000132. The fraction of sp³-hybridized carbons (Fsp3) is 0.600. The molecule has 114 valence electrons. The van der Waals surface area contributed by atoms with E-state index in [9.17, 15) is 0 Å². The van der Waals surface area contributed by atoms with Gasteiger partial charge in [0.15, 0.2) is 0 Å². The van der Waals surface area contributed by atoms with Crippen LogP contribution < -0.4 is 10.6 Å². The zero-order chi connectivity index (χ0) is 13.4. The molecular formula is C15H22ClN5. The molecule has 0 spiro atoms. The lowest BCUT2D eigenvalue weighted by Gasteiger charge is -2.24. The maximum Gasteiger partial charge on any atom is 0.143 e. The number of fused-ring (bicyclic) bond motifs is 1. The summed E-state index contributed by atoms with van der Waals surface area (Å²) in [6.45, 7) is 2.16. The smallest absolute Gasteiger partial charge is 0.143 e. The number of halogens is 1. The summed E-state index contributed by atoms with van der Waals surface area (Å²) in [7, 11) is 0. The lowest BCUT2D eigenvalue weighted by atomic mass is 10.1. The maximum absolute atomic E-state index is 4.49. The average molecular weight is 308 g/mol. The number of nitrogens with one attached hydrogen (secondary N) is 3. The molecule has 0 aromatic carbocycles. The molecule has 1 atom stereocenters. The Labute approximate surface area is 130 Å². The van der Waals surface area contributed by atoms with Crippen LogP contribution in [0.3, 0.4) is 0 Å². The van der Waals surface area contributed by atoms with Crippen molar-refractivity contribution in [1.29, 1.82) is 0 Å². The predicted octanol–water partition coefficient (Wildman–Crippen LogP) is 2.50. The van der Waals surface area contributed by atoms with Gasteiger partial charge in [-0.1, -0.05) is 0 Å². The Hall–Kier alpha value is -1.33. The highest BCUT2D eigenvalue weighted by atomic mass is 35.5. The van der Waals surface area contributed by atoms with Crippen molar-refractivity contribution in [2.45, 2.75) is 38.1 Å². The van der Waals surface area contributed by atoms with Crippen LogP contribution in [-0.4, -0.2) is 34.1 Å². The highest BCUT2D eigenvalue weighted by Crippen LogP contribution is 2.35. The first kappa shape index (κ1) is 14.6. The zero-order valence-corrected chi connectivity index (χ0v) is 12.9. The minimum Gasteiger partial charge on any atom is -0.365 e. The number of hydrogen-bond donors (Lipinski definition) is 3. The Morgan fingerprint density at radius 1 is 1.24 bits per heavy atom. The van der Waals surface area contributed by atoms with Gasteiger partial charge in [0, 0.05) is 18.8 Å². The van der Waals surface area contributed by atoms with Crippen LogP contribution >= 0.6 is 12.4 Å². The van der Waals surface area contributed by atoms with E-state index in [0.29, 0.717) is 6.04 Å². The van der Waals surface area contributed by atoms with E-state index in [4.69, 9.17) is 0 Å². The van der Waals surface area contributed by atoms with Crippen molar-refractivity contribution < 1.29 is 0 Å². The van der Waals surface area contributed by atoms with Crippen LogP contribution in [0.1, 0.15) is 31.2 Å². The number of rotatable bonds is 4. The van der Waals surface area contributed by atoms with Crippen LogP contribution in [0.15, 0.2) is 12.5 Å². The third-order valence-corrected chi connectivity index (χ3v) is 4.39. The average Bonchev–Trinajstić information content (AvgIpc) is 3.20. The first-order valence-corrected chi connectivity index (χ1v) is 7.68. The standard InChI is InChI=1S/C15H21N5.ClH/c1-2-12(8-16-5-1)20-15-13-11(6-10-3-4-10)7-17-14(13)18-9-19-15;/h7,9-10,12,16H,1-6,8H2,(H2,17,18,19,20);1H. The van der Waals surface area contributed by atoms with Gasteiger partial charge in [-0.05, 0) is 50.1 Å². The van der Waals surface area contributed by atoms with Crippen LogP contribution in [0.5, 0.6) is 0 Å². The lowest BCUT2D eigenvalue weighted by Crippen LogP contribution is -2.38. The van der Waals surface area contributed by atoms with Gasteiger partial charge in [-0.25, -0.2) is 9.97 Å². The fourth-order valence-corrected chi connectivity index (χ4v) is 3.10. The van der Waals surface area contributed by atoms with E-state index >= 15 is 0 Å². The van der Waals surface area contributed by atoms with E-state index in [1.165, 1.54) is 36.6 Å². The van der Waals surface area contributed by atoms with Crippen molar-refractivity contribution in [2.24, 2.45) is 5.92 Å². The number of anilines is 1. The highest BCUT2D eigenvalue weighted by molar-refractivity contribution is 5.90. The molecule has 21 heavy (non-hydrogen) atoms. The topological polar surface area (TPSA) is 65.6 Å². The third kappa shape index (κ3) is 3.14. The van der Waals surface area contributed by atoms with Gasteiger partial charge >= 0.3 is 0 Å². The quantitative estimate of drug-likeness (QED) is 0.812. The van der Waals surface area contributed by atoms with E-state index in [2.05, 4.69) is 31.8 Å². The molecule has 4 rings (SSSR count). The van der Waals surface area contributed by atoms with E-state index in [0.717, 1.165) is 36.9 Å². The molecular weight excluding hydrogens is 286 g/mol. The third-order valence-electron chi connectivity index (χ3n) is 4.39. The van der Waals surface area contributed by atoms with E-state index in [-0.39, 0.29) is 12.4 Å². The molecule has 1 unspecified atom stereocenters. The normalized spacial score (nSPS) is 22.0. The minimum absolute atomic E-state index is 0. The lowest BCUT2D eigenvalue weighted by molar-refractivity contribution is 0.479. The Morgan fingerprint density at radius 2 is 2.14 bits per heavy atom. The SMILES string of the molecule is Cl.c1nc(NC2CCCNC2)c2c(CC3CC3)c[nH]c2n1. The predicted molar refractivity (Wildman–Crippen MR) is 87.1 cm³/mol. The number of H-pyrrole nitrogens is 1. The van der Waals surface area contributed by atoms with Crippen molar-refractivity contribution in [2.75, 3.05) is 18.4 Å². The van der Waals surface area contributed by atoms with Gasteiger partial charge in [0.05, 0.1) is 5.39 Å². The summed E-state index contributed by atoms with van der Waals surface area (Å²) in [5.41, 5.74) is 2.33. The van der Waals surface area contributed by atoms with Gasteiger partial charge in [0.25, 0.3) is 0 Å². The summed E-state index contributed by atoms with van der Waals surface area (Å²) in [5.74, 6) is 1.87. The zero-order valence-electron chi connectivity index (χ0n) is 12.1. The Bertz CT molecular complexity index is 601.